The molecule has 1 heterocycles. The van der Waals surface area contributed by atoms with Gasteiger partial charge in [-0.2, -0.15) is 0 Å². The van der Waals surface area contributed by atoms with Crippen molar-refractivity contribution in [2.75, 3.05) is 13.1 Å². The molecule has 3 unspecified atom stereocenters. The number of aliphatic hydroxyl groups excluding tert-OH is 2. The highest BCUT2D eigenvalue weighted by Crippen LogP contribution is 2.25. The first-order valence-electron chi connectivity index (χ1n) is 5.53. The van der Waals surface area contributed by atoms with Gasteiger partial charge >= 0.3 is 0 Å². The minimum absolute atomic E-state index is 0.196. The molecule has 1 aliphatic rings. The number of aliphatic hydroxyl groups is 2. The molecule has 0 aromatic rings. The number of likely N-dealkylation sites (tertiary alicyclic amines) is 1. The van der Waals surface area contributed by atoms with Gasteiger partial charge in [0.2, 0.25) is 0 Å². The van der Waals surface area contributed by atoms with Crippen molar-refractivity contribution in [1.82, 2.24) is 4.90 Å². The standard InChI is InChI=1S/C11H23NO2/c1-7(2)9-5-12(8(3)4)6-10(13)11(9)14/h7-11,13-14H,5-6H2,1-4H3. The van der Waals surface area contributed by atoms with Crippen LogP contribution in [0, 0.1) is 11.8 Å². The second-order valence-electron chi connectivity index (χ2n) is 5.01. The third-order valence-electron chi connectivity index (χ3n) is 3.29. The van der Waals surface area contributed by atoms with Crippen LogP contribution in [-0.4, -0.2) is 46.5 Å². The molecule has 2 N–H and O–H groups in total. The summed E-state index contributed by atoms with van der Waals surface area (Å²) in [6, 6.07) is 0.443. The third kappa shape index (κ3) is 2.47. The lowest BCUT2D eigenvalue weighted by Crippen LogP contribution is -2.55. The van der Waals surface area contributed by atoms with Gasteiger partial charge in [-0.3, -0.25) is 4.90 Å². The van der Waals surface area contributed by atoms with E-state index in [4.69, 9.17) is 0 Å². The van der Waals surface area contributed by atoms with E-state index in [9.17, 15) is 10.2 Å². The van der Waals surface area contributed by atoms with Crippen molar-refractivity contribution in [2.45, 2.75) is 45.9 Å². The molecule has 0 radical (unpaired) electrons. The monoisotopic (exact) mass is 201 g/mol. The Morgan fingerprint density at radius 2 is 1.64 bits per heavy atom. The Morgan fingerprint density at radius 3 is 2.07 bits per heavy atom. The molecular formula is C11H23NO2. The summed E-state index contributed by atoms with van der Waals surface area (Å²) in [5, 5.41) is 19.6. The van der Waals surface area contributed by atoms with Crippen LogP contribution in [0.3, 0.4) is 0 Å². The molecule has 3 heteroatoms. The lowest BCUT2D eigenvalue weighted by molar-refractivity contribution is -0.0923. The summed E-state index contributed by atoms with van der Waals surface area (Å²) in [7, 11) is 0. The van der Waals surface area contributed by atoms with Gasteiger partial charge < -0.3 is 10.2 Å². The molecule has 14 heavy (non-hydrogen) atoms. The average Bonchev–Trinajstić information content (AvgIpc) is 2.08. The maximum absolute atomic E-state index is 9.83. The fourth-order valence-electron chi connectivity index (χ4n) is 2.11. The molecule has 1 rings (SSSR count). The van der Waals surface area contributed by atoms with E-state index < -0.39 is 12.2 Å². The van der Waals surface area contributed by atoms with Crippen molar-refractivity contribution >= 4 is 0 Å². The van der Waals surface area contributed by atoms with Gasteiger partial charge in [0.05, 0.1) is 12.2 Å². The molecular weight excluding hydrogens is 178 g/mol. The number of nitrogens with zero attached hydrogens (tertiary/aromatic N) is 1. The molecule has 3 atom stereocenters. The van der Waals surface area contributed by atoms with Gasteiger partial charge in [-0.05, 0) is 19.8 Å². The van der Waals surface area contributed by atoms with Crippen LogP contribution in [0.15, 0.2) is 0 Å². The summed E-state index contributed by atoms with van der Waals surface area (Å²) < 4.78 is 0. The highest BCUT2D eigenvalue weighted by atomic mass is 16.3. The van der Waals surface area contributed by atoms with Gasteiger partial charge in [-0.1, -0.05) is 13.8 Å². The Balaban J connectivity index is 2.66. The van der Waals surface area contributed by atoms with Gasteiger partial charge in [0.1, 0.15) is 0 Å². The summed E-state index contributed by atoms with van der Waals surface area (Å²) in [5.74, 6) is 0.613. The molecule has 0 saturated carbocycles. The van der Waals surface area contributed by atoms with Crippen LogP contribution in [0.2, 0.25) is 0 Å². The van der Waals surface area contributed by atoms with E-state index in [-0.39, 0.29) is 5.92 Å². The fourth-order valence-corrected chi connectivity index (χ4v) is 2.11. The van der Waals surface area contributed by atoms with Crippen LogP contribution in [0.25, 0.3) is 0 Å². The highest BCUT2D eigenvalue weighted by molar-refractivity contribution is 4.88. The van der Waals surface area contributed by atoms with Crippen LogP contribution in [-0.2, 0) is 0 Å². The molecule has 84 valence electrons. The van der Waals surface area contributed by atoms with Crippen LogP contribution in [0.4, 0.5) is 0 Å². The highest BCUT2D eigenvalue weighted by Gasteiger charge is 2.36. The van der Waals surface area contributed by atoms with E-state index >= 15 is 0 Å². The Kier molecular flexibility index (Phi) is 3.93. The summed E-state index contributed by atoms with van der Waals surface area (Å²) in [4.78, 5) is 2.24. The molecule has 1 fully saturated rings. The minimum Gasteiger partial charge on any atom is -0.390 e. The Bertz CT molecular complexity index is 182. The molecule has 1 aliphatic heterocycles. The summed E-state index contributed by atoms with van der Waals surface area (Å²) >= 11 is 0. The first kappa shape index (κ1) is 12.0. The lowest BCUT2D eigenvalue weighted by Gasteiger charge is -2.42. The van der Waals surface area contributed by atoms with Crippen LogP contribution in [0.1, 0.15) is 27.7 Å². The molecule has 3 nitrogen and oxygen atoms in total. The van der Waals surface area contributed by atoms with Crippen LogP contribution < -0.4 is 0 Å². The molecule has 1 saturated heterocycles. The largest absolute Gasteiger partial charge is 0.390 e. The smallest absolute Gasteiger partial charge is 0.0929 e. The van der Waals surface area contributed by atoms with E-state index in [0.717, 1.165) is 6.54 Å². The van der Waals surface area contributed by atoms with Crippen LogP contribution >= 0.6 is 0 Å². The maximum Gasteiger partial charge on any atom is 0.0929 e. The van der Waals surface area contributed by atoms with Crippen molar-refractivity contribution in [3.63, 3.8) is 0 Å². The molecule has 0 bridgehead atoms. The Labute approximate surface area is 86.7 Å². The number of hydrogen-bond donors (Lipinski definition) is 2. The van der Waals surface area contributed by atoms with Crippen molar-refractivity contribution in [3.8, 4) is 0 Å². The Morgan fingerprint density at radius 1 is 1.07 bits per heavy atom. The average molecular weight is 201 g/mol. The first-order valence-corrected chi connectivity index (χ1v) is 5.53. The molecule has 0 aromatic heterocycles. The summed E-state index contributed by atoms with van der Waals surface area (Å²) in [6.07, 6.45) is -1.14. The number of piperidine rings is 1. The summed E-state index contributed by atoms with van der Waals surface area (Å²) in [6.45, 7) is 9.95. The van der Waals surface area contributed by atoms with E-state index in [1.807, 2.05) is 0 Å². The van der Waals surface area contributed by atoms with Crippen molar-refractivity contribution in [3.05, 3.63) is 0 Å². The number of rotatable bonds is 2. The first-order chi connectivity index (χ1) is 6.43. The van der Waals surface area contributed by atoms with Gasteiger partial charge in [-0.25, -0.2) is 0 Å². The third-order valence-corrected chi connectivity index (χ3v) is 3.29. The summed E-state index contributed by atoms with van der Waals surface area (Å²) in [5.41, 5.74) is 0. The van der Waals surface area contributed by atoms with E-state index in [1.54, 1.807) is 0 Å². The van der Waals surface area contributed by atoms with Gasteiger partial charge in [0.15, 0.2) is 0 Å². The predicted molar refractivity (Wildman–Crippen MR) is 57.1 cm³/mol. The second-order valence-corrected chi connectivity index (χ2v) is 5.01. The van der Waals surface area contributed by atoms with Gasteiger partial charge in [0, 0.05) is 25.0 Å². The zero-order valence-corrected chi connectivity index (χ0v) is 9.64. The fraction of sp³-hybridized carbons (Fsp3) is 1.00. The van der Waals surface area contributed by atoms with Crippen LogP contribution in [0.5, 0.6) is 0 Å². The minimum atomic E-state index is -0.585. The second kappa shape index (κ2) is 4.60. The molecule has 0 amide bonds. The molecule has 0 spiro atoms. The quantitative estimate of drug-likeness (QED) is 0.691. The van der Waals surface area contributed by atoms with Crippen molar-refractivity contribution in [2.24, 2.45) is 11.8 Å². The number of hydrogen-bond acceptors (Lipinski definition) is 3. The normalized spacial score (nSPS) is 35.6. The van der Waals surface area contributed by atoms with Gasteiger partial charge in [0.25, 0.3) is 0 Å². The lowest BCUT2D eigenvalue weighted by atomic mass is 9.83. The topological polar surface area (TPSA) is 43.7 Å². The van der Waals surface area contributed by atoms with Crippen molar-refractivity contribution in [1.29, 1.82) is 0 Å². The molecule has 0 aliphatic carbocycles. The Hall–Kier alpha value is -0.120. The van der Waals surface area contributed by atoms with E-state index in [0.29, 0.717) is 18.5 Å². The van der Waals surface area contributed by atoms with E-state index in [1.165, 1.54) is 0 Å². The zero-order valence-electron chi connectivity index (χ0n) is 9.64. The van der Waals surface area contributed by atoms with Crippen molar-refractivity contribution < 1.29 is 10.2 Å². The zero-order chi connectivity index (χ0) is 10.9. The maximum atomic E-state index is 9.83. The number of β-amino-alcohol motifs (C(OH)–C–C–N with tert-alkyl or cyclic N) is 1. The van der Waals surface area contributed by atoms with E-state index in [2.05, 4.69) is 32.6 Å². The predicted octanol–water partition coefficient (Wildman–Crippen LogP) is 0.704. The SMILES string of the molecule is CC(C)C1CN(C(C)C)CC(O)C1O. The van der Waals surface area contributed by atoms with Gasteiger partial charge in [-0.15, -0.1) is 0 Å². The molecule has 0 aromatic carbocycles.